The summed E-state index contributed by atoms with van der Waals surface area (Å²) in [5, 5.41) is 2.95. The molecule has 1 aromatic carbocycles. The molecule has 0 fully saturated rings. The van der Waals surface area contributed by atoms with E-state index in [1.54, 1.807) is 11.3 Å². The lowest BCUT2D eigenvalue weighted by atomic mass is 10.2. The summed E-state index contributed by atoms with van der Waals surface area (Å²) in [6.45, 7) is 4.47. The summed E-state index contributed by atoms with van der Waals surface area (Å²) < 4.78 is 5.72. The number of hydrogen-bond donors (Lipinski definition) is 1. The first-order valence-corrected chi connectivity index (χ1v) is 6.43. The van der Waals surface area contributed by atoms with Crippen molar-refractivity contribution in [3.8, 4) is 5.75 Å². The van der Waals surface area contributed by atoms with Crippen molar-refractivity contribution in [1.29, 1.82) is 0 Å². The van der Waals surface area contributed by atoms with Gasteiger partial charge in [0.1, 0.15) is 17.4 Å². The number of ether oxygens (including phenoxy) is 1. The van der Waals surface area contributed by atoms with Gasteiger partial charge in [-0.1, -0.05) is 18.2 Å². The zero-order chi connectivity index (χ0) is 12.3. The van der Waals surface area contributed by atoms with Gasteiger partial charge in [-0.15, -0.1) is 11.3 Å². The highest BCUT2D eigenvalue weighted by atomic mass is 32.1. The van der Waals surface area contributed by atoms with Crippen LogP contribution in [0.1, 0.15) is 29.2 Å². The van der Waals surface area contributed by atoms with Crippen LogP contribution in [0.4, 0.5) is 0 Å². The summed E-state index contributed by atoms with van der Waals surface area (Å²) in [4.78, 5) is 4.42. The van der Waals surface area contributed by atoms with Crippen LogP contribution in [0, 0.1) is 6.92 Å². The Balaban J connectivity index is 2.00. The fourth-order valence-electron chi connectivity index (χ4n) is 1.46. The maximum atomic E-state index is 5.76. The van der Waals surface area contributed by atoms with E-state index in [0.717, 1.165) is 22.0 Å². The molecule has 0 amide bonds. The number of hydrogen-bond acceptors (Lipinski definition) is 4. The summed E-state index contributed by atoms with van der Waals surface area (Å²) in [6.07, 6.45) is 0. The van der Waals surface area contributed by atoms with E-state index in [4.69, 9.17) is 10.5 Å². The molecule has 17 heavy (non-hydrogen) atoms. The summed E-state index contributed by atoms with van der Waals surface area (Å²) in [6, 6.07) is 7.95. The van der Waals surface area contributed by atoms with Gasteiger partial charge in [-0.2, -0.15) is 0 Å². The molecule has 4 heteroatoms. The third kappa shape index (κ3) is 3.05. The van der Waals surface area contributed by atoms with E-state index in [-0.39, 0.29) is 6.04 Å². The van der Waals surface area contributed by atoms with Gasteiger partial charge in [0.05, 0.1) is 5.69 Å². The van der Waals surface area contributed by atoms with Crippen LogP contribution in [-0.4, -0.2) is 4.98 Å². The second kappa shape index (κ2) is 5.29. The Hall–Kier alpha value is -1.39. The Morgan fingerprint density at radius 3 is 2.82 bits per heavy atom. The zero-order valence-electron chi connectivity index (χ0n) is 10.0. The predicted molar refractivity (Wildman–Crippen MR) is 70.2 cm³/mol. The summed E-state index contributed by atoms with van der Waals surface area (Å²) in [5.74, 6) is 0.907. The fraction of sp³-hybridized carbons (Fsp3) is 0.308. The highest BCUT2D eigenvalue weighted by Crippen LogP contribution is 2.20. The van der Waals surface area contributed by atoms with Crippen molar-refractivity contribution in [2.24, 2.45) is 5.73 Å². The van der Waals surface area contributed by atoms with Gasteiger partial charge in [0.25, 0.3) is 0 Å². The molecule has 2 rings (SSSR count). The van der Waals surface area contributed by atoms with E-state index in [0.29, 0.717) is 6.61 Å². The van der Waals surface area contributed by atoms with Crippen LogP contribution in [0.15, 0.2) is 29.6 Å². The molecule has 0 aliphatic rings. The van der Waals surface area contributed by atoms with Crippen molar-refractivity contribution in [2.45, 2.75) is 26.5 Å². The monoisotopic (exact) mass is 248 g/mol. The maximum absolute atomic E-state index is 5.76. The average molecular weight is 248 g/mol. The normalized spacial score (nSPS) is 12.4. The molecule has 0 saturated heterocycles. The number of aromatic nitrogens is 1. The van der Waals surface area contributed by atoms with E-state index < -0.39 is 0 Å². The fourth-order valence-corrected chi connectivity index (χ4v) is 2.27. The van der Waals surface area contributed by atoms with Crippen LogP contribution < -0.4 is 10.5 Å². The summed E-state index contributed by atoms with van der Waals surface area (Å²) in [7, 11) is 0. The number of nitrogens with two attached hydrogens (primary N) is 1. The SMILES string of the molecule is Cc1ccccc1OCc1nc(C(C)N)cs1. The van der Waals surface area contributed by atoms with Gasteiger partial charge < -0.3 is 10.5 Å². The quantitative estimate of drug-likeness (QED) is 0.904. The van der Waals surface area contributed by atoms with E-state index in [9.17, 15) is 0 Å². The zero-order valence-corrected chi connectivity index (χ0v) is 10.8. The molecule has 2 aromatic rings. The highest BCUT2D eigenvalue weighted by molar-refractivity contribution is 7.09. The largest absolute Gasteiger partial charge is 0.486 e. The number of rotatable bonds is 4. The third-order valence-electron chi connectivity index (χ3n) is 2.48. The van der Waals surface area contributed by atoms with Crippen LogP contribution in [0.25, 0.3) is 0 Å². The molecule has 1 aromatic heterocycles. The van der Waals surface area contributed by atoms with Crippen molar-refractivity contribution >= 4 is 11.3 Å². The van der Waals surface area contributed by atoms with Gasteiger partial charge >= 0.3 is 0 Å². The number of nitrogens with zero attached hydrogens (tertiary/aromatic N) is 1. The first kappa shape index (κ1) is 12.1. The molecule has 1 atom stereocenters. The maximum Gasteiger partial charge on any atom is 0.140 e. The molecule has 3 nitrogen and oxygen atoms in total. The molecular formula is C13H16N2OS. The van der Waals surface area contributed by atoms with Gasteiger partial charge in [0.15, 0.2) is 0 Å². The highest BCUT2D eigenvalue weighted by Gasteiger charge is 2.06. The molecule has 0 spiro atoms. The second-order valence-corrected chi connectivity index (χ2v) is 4.95. The molecule has 1 unspecified atom stereocenters. The van der Waals surface area contributed by atoms with Gasteiger partial charge in [-0.3, -0.25) is 0 Å². The smallest absolute Gasteiger partial charge is 0.140 e. The van der Waals surface area contributed by atoms with Gasteiger partial charge in [-0.25, -0.2) is 4.98 Å². The Morgan fingerprint density at radius 1 is 1.41 bits per heavy atom. The lowest BCUT2D eigenvalue weighted by Crippen LogP contribution is -2.05. The second-order valence-electron chi connectivity index (χ2n) is 4.01. The molecule has 90 valence electrons. The Labute approximate surface area is 105 Å². The van der Waals surface area contributed by atoms with Gasteiger partial charge in [0.2, 0.25) is 0 Å². The van der Waals surface area contributed by atoms with E-state index in [2.05, 4.69) is 4.98 Å². The van der Waals surface area contributed by atoms with E-state index >= 15 is 0 Å². The van der Waals surface area contributed by atoms with Crippen LogP contribution in [0.3, 0.4) is 0 Å². The van der Waals surface area contributed by atoms with Crippen LogP contribution >= 0.6 is 11.3 Å². The number of thiazole rings is 1. The number of benzene rings is 1. The van der Waals surface area contributed by atoms with Crippen molar-refractivity contribution in [3.63, 3.8) is 0 Å². The molecule has 1 heterocycles. The first-order chi connectivity index (χ1) is 8.16. The predicted octanol–water partition coefficient (Wildman–Crippen LogP) is 3.05. The first-order valence-electron chi connectivity index (χ1n) is 5.55. The van der Waals surface area contributed by atoms with E-state index in [1.807, 2.05) is 43.5 Å². The van der Waals surface area contributed by atoms with Crippen LogP contribution in [-0.2, 0) is 6.61 Å². The van der Waals surface area contributed by atoms with Crippen LogP contribution in [0.5, 0.6) is 5.75 Å². The van der Waals surface area contributed by atoms with Crippen molar-refractivity contribution < 1.29 is 4.74 Å². The minimum atomic E-state index is -0.0153. The Bertz CT molecular complexity index is 494. The van der Waals surface area contributed by atoms with Crippen molar-refractivity contribution in [2.75, 3.05) is 0 Å². The Morgan fingerprint density at radius 2 is 2.18 bits per heavy atom. The topological polar surface area (TPSA) is 48.1 Å². The molecule has 0 radical (unpaired) electrons. The average Bonchev–Trinajstić information content (AvgIpc) is 2.77. The van der Waals surface area contributed by atoms with Gasteiger partial charge in [-0.05, 0) is 25.5 Å². The Kier molecular flexibility index (Phi) is 3.76. The molecule has 0 aliphatic carbocycles. The number of aryl methyl sites for hydroxylation is 1. The molecule has 0 saturated carbocycles. The van der Waals surface area contributed by atoms with Crippen molar-refractivity contribution in [3.05, 3.63) is 45.9 Å². The standard InChI is InChI=1S/C13H16N2OS/c1-9-5-3-4-6-12(9)16-7-13-15-11(8-17-13)10(2)14/h3-6,8,10H,7,14H2,1-2H3. The summed E-state index contributed by atoms with van der Waals surface area (Å²) >= 11 is 1.59. The van der Waals surface area contributed by atoms with Gasteiger partial charge in [0, 0.05) is 11.4 Å². The number of para-hydroxylation sites is 1. The lowest BCUT2D eigenvalue weighted by molar-refractivity contribution is 0.303. The van der Waals surface area contributed by atoms with Crippen molar-refractivity contribution in [1.82, 2.24) is 4.98 Å². The third-order valence-corrected chi connectivity index (χ3v) is 3.32. The molecular weight excluding hydrogens is 232 g/mol. The molecule has 0 bridgehead atoms. The molecule has 0 aliphatic heterocycles. The lowest BCUT2D eigenvalue weighted by Gasteiger charge is -2.06. The minimum absolute atomic E-state index is 0.0153. The minimum Gasteiger partial charge on any atom is -0.486 e. The van der Waals surface area contributed by atoms with E-state index in [1.165, 1.54) is 0 Å². The molecule has 2 N–H and O–H groups in total. The van der Waals surface area contributed by atoms with Crippen LogP contribution in [0.2, 0.25) is 0 Å². The summed E-state index contributed by atoms with van der Waals surface area (Å²) in [5.41, 5.74) is 7.83.